The first-order valence-electron chi connectivity index (χ1n) is 5.09. The van der Waals surface area contributed by atoms with Gasteiger partial charge in [0.2, 0.25) is 10.0 Å². The molecular formula is C9H21N3O2S. The lowest BCUT2D eigenvalue weighted by Gasteiger charge is -2.17. The maximum atomic E-state index is 11.6. The summed E-state index contributed by atoms with van der Waals surface area (Å²) < 4.78 is 25.7. The van der Waals surface area contributed by atoms with E-state index in [1.54, 1.807) is 0 Å². The summed E-state index contributed by atoms with van der Waals surface area (Å²) in [6, 6.07) is -0.258. The fourth-order valence-electron chi connectivity index (χ4n) is 1.28. The van der Waals surface area contributed by atoms with Crippen molar-refractivity contribution in [3.63, 3.8) is 0 Å². The molecule has 0 saturated carbocycles. The first-order chi connectivity index (χ1) is 6.76. The lowest BCUT2D eigenvalue weighted by atomic mass is 10.1. The van der Waals surface area contributed by atoms with Crippen LogP contribution >= 0.6 is 0 Å². The van der Waals surface area contributed by atoms with Gasteiger partial charge in [-0.3, -0.25) is 5.41 Å². The molecule has 5 nitrogen and oxygen atoms in total. The summed E-state index contributed by atoms with van der Waals surface area (Å²) in [5.74, 6) is 0.216. The Morgan fingerprint density at radius 3 is 2.33 bits per heavy atom. The Hall–Kier alpha value is -0.620. The molecule has 1 unspecified atom stereocenters. The minimum atomic E-state index is -3.24. The molecule has 0 aliphatic rings. The predicted octanol–water partition coefficient (Wildman–Crippen LogP) is 0.666. The Balaban J connectivity index is 4.34. The van der Waals surface area contributed by atoms with E-state index in [1.165, 1.54) is 0 Å². The summed E-state index contributed by atoms with van der Waals surface area (Å²) in [7, 11) is -3.24. The predicted molar refractivity (Wildman–Crippen MR) is 62.4 cm³/mol. The number of nitrogens with two attached hydrogens (primary N) is 1. The summed E-state index contributed by atoms with van der Waals surface area (Å²) in [4.78, 5) is 0. The normalized spacial score (nSPS) is 14.1. The highest BCUT2D eigenvalue weighted by Gasteiger charge is 2.18. The SMILES string of the molecule is CCC(CC(=N)N)NS(=O)(=O)CC(C)C. The van der Waals surface area contributed by atoms with Crippen molar-refractivity contribution < 1.29 is 8.42 Å². The Morgan fingerprint density at radius 2 is 2.00 bits per heavy atom. The smallest absolute Gasteiger partial charge is 0.212 e. The van der Waals surface area contributed by atoms with Crippen LogP contribution in [0.25, 0.3) is 0 Å². The number of hydrogen-bond acceptors (Lipinski definition) is 3. The topological polar surface area (TPSA) is 96.0 Å². The Bertz CT molecular complexity index is 298. The van der Waals surface area contributed by atoms with Gasteiger partial charge in [0.1, 0.15) is 0 Å². The molecule has 0 radical (unpaired) electrons. The van der Waals surface area contributed by atoms with Gasteiger partial charge in [0.25, 0.3) is 0 Å². The summed E-state index contributed by atoms with van der Waals surface area (Å²) >= 11 is 0. The number of sulfonamides is 1. The van der Waals surface area contributed by atoms with E-state index < -0.39 is 10.0 Å². The third-order valence-electron chi connectivity index (χ3n) is 1.86. The Labute approximate surface area is 92.0 Å². The Kier molecular flexibility index (Phi) is 5.82. The number of amidine groups is 1. The van der Waals surface area contributed by atoms with E-state index >= 15 is 0 Å². The van der Waals surface area contributed by atoms with E-state index in [9.17, 15) is 8.42 Å². The minimum absolute atomic E-state index is 0.00842. The zero-order valence-corrected chi connectivity index (χ0v) is 10.4. The van der Waals surface area contributed by atoms with Crippen molar-refractivity contribution in [2.45, 2.75) is 39.7 Å². The molecule has 0 bridgehead atoms. The number of hydrogen-bond donors (Lipinski definition) is 3. The standard InChI is InChI=1S/C9H21N3O2S/c1-4-8(5-9(10)11)12-15(13,14)6-7(2)3/h7-8,12H,4-6H2,1-3H3,(H3,10,11). The fraction of sp³-hybridized carbons (Fsp3) is 0.889. The molecule has 6 heteroatoms. The van der Waals surface area contributed by atoms with Gasteiger partial charge in [0.05, 0.1) is 11.6 Å². The van der Waals surface area contributed by atoms with Crippen molar-refractivity contribution in [3.8, 4) is 0 Å². The van der Waals surface area contributed by atoms with Crippen molar-refractivity contribution >= 4 is 15.9 Å². The average molecular weight is 235 g/mol. The zero-order valence-electron chi connectivity index (χ0n) is 9.58. The quantitative estimate of drug-likeness (QED) is 0.447. The highest BCUT2D eigenvalue weighted by atomic mass is 32.2. The van der Waals surface area contributed by atoms with Gasteiger partial charge in [0, 0.05) is 12.5 Å². The second-order valence-electron chi connectivity index (χ2n) is 4.13. The highest BCUT2D eigenvalue weighted by molar-refractivity contribution is 7.89. The molecular weight excluding hydrogens is 214 g/mol. The third kappa shape index (κ3) is 7.33. The molecule has 0 saturated heterocycles. The van der Waals surface area contributed by atoms with E-state index in [0.717, 1.165) is 0 Å². The van der Waals surface area contributed by atoms with E-state index in [2.05, 4.69) is 4.72 Å². The van der Waals surface area contributed by atoms with Crippen LogP contribution in [-0.4, -0.2) is 26.0 Å². The molecule has 0 spiro atoms. The molecule has 0 aliphatic heterocycles. The van der Waals surface area contributed by atoms with Gasteiger partial charge in [0.15, 0.2) is 0 Å². The van der Waals surface area contributed by atoms with Gasteiger partial charge < -0.3 is 5.73 Å². The molecule has 4 N–H and O–H groups in total. The van der Waals surface area contributed by atoms with Gasteiger partial charge >= 0.3 is 0 Å². The second kappa shape index (κ2) is 6.07. The van der Waals surface area contributed by atoms with Crippen LogP contribution in [0.2, 0.25) is 0 Å². The maximum Gasteiger partial charge on any atom is 0.212 e. The second-order valence-corrected chi connectivity index (χ2v) is 5.93. The maximum absolute atomic E-state index is 11.6. The first-order valence-corrected chi connectivity index (χ1v) is 6.75. The average Bonchev–Trinajstić information content (AvgIpc) is 1.98. The van der Waals surface area contributed by atoms with Crippen LogP contribution < -0.4 is 10.5 Å². The van der Waals surface area contributed by atoms with Gasteiger partial charge in [-0.1, -0.05) is 20.8 Å². The lowest BCUT2D eigenvalue weighted by molar-refractivity contribution is 0.536. The van der Waals surface area contributed by atoms with Gasteiger partial charge in [-0.15, -0.1) is 0 Å². The first kappa shape index (κ1) is 14.4. The molecule has 0 fully saturated rings. The summed E-state index contributed by atoms with van der Waals surface area (Å²) in [6.45, 7) is 5.57. The van der Waals surface area contributed by atoms with Crippen LogP contribution in [-0.2, 0) is 10.0 Å². The fourth-order valence-corrected chi connectivity index (χ4v) is 3.01. The number of nitrogens with one attached hydrogen (secondary N) is 2. The lowest BCUT2D eigenvalue weighted by Crippen LogP contribution is -2.39. The highest BCUT2D eigenvalue weighted by Crippen LogP contribution is 2.03. The van der Waals surface area contributed by atoms with E-state index in [0.29, 0.717) is 6.42 Å². The van der Waals surface area contributed by atoms with Crippen molar-refractivity contribution in [1.82, 2.24) is 4.72 Å². The van der Waals surface area contributed by atoms with Crippen LogP contribution in [0.15, 0.2) is 0 Å². The summed E-state index contributed by atoms with van der Waals surface area (Å²) in [6.07, 6.45) is 0.907. The van der Waals surface area contributed by atoms with E-state index in [1.807, 2.05) is 20.8 Å². The van der Waals surface area contributed by atoms with Crippen LogP contribution in [0.3, 0.4) is 0 Å². The summed E-state index contributed by atoms with van der Waals surface area (Å²) in [5.41, 5.74) is 5.24. The van der Waals surface area contributed by atoms with Crippen LogP contribution in [0.4, 0.5) is 0 Å². The van der Waals surface area contributed by atoms with Crippen molar-refractivity contribution in [1.29, 1.82) is 5.41 Å². The molecule has 0 rings (SSSR count). The van der Waals surface area contributed by atoms with Crippen LogP contribution in [0.1, 0.15) is 33.6 Å². The molecule has 90 valence electrons. The minimum Gasteiger partial charge on any atom is -0.388 e. The number of rotatable bonds is 7. The van der Waals surface area contributed by atoms with E-state index in [-0.39, 0.29) is 30.0 Å². The zero-order chi connectivity index (χ0) is 12.1. The Morgan fingerprint density at radius 1 is 1.47 bits per heavy atom. The molecule has 0 aromatic heterocycles. The van der Waals surface area contributed by atoms with Gasteiger partial charge in [-0.05, 0) is 12.3 Å². The molecule has 0 heterocycles. The van der Waals surface area contributed by atoms with E-state index in [4.69, 9.17) is 11.1 Å². The molecule has 0 amide bonds. The molecule has 0 aliphatic carbocycles. The third-order valence-corrected chi connectivity index (χ3v) is 3.66. The monoisotopic (exact) mass is 235 g/mol. The molecule has 15 heavy (non-hydrogen) atoms. The molecule has 0 aromatic rings. The summed E-state index contributed by atoms with van der Waals surface area (Å²) in [5, 5.41) is 7.12. The van der Waals surface area contributed by atoms with Crippen molar-refractivity contribution in [3.05, 3.63) is 0 Å². The van der Waals surface area contributed by atoms with Gasteiger partial charge in [-0.25, -0.2) is 13.1 Å². The van der Waals surface area contributed by atoms with Crippen molar-refractivity contribution in [2.75, 3.05) is 5.75 Å². The van der Waals surface area contributed by atoms with Gasteiger partial charge in [-0.2, -0.15) is 0 Å². The largest absolute Gasteiger partial charge is 0.388 e. The van der Waals surface area contributed by atoms with Crippen LogP contribution in [0.5, 0.6) is 0 Å². The van der Waals surface area contributed by atoms with Crippen LogP contribution in [0, 0.1) is 11.3 Å². The molecule has 1 atom stereocenters. The molecule has 0 aromatic carbocycles. The van der Waals surface area contributed by atoms with Crippen molar-refractivity contribution in [2.24, 2.45) is 11.7 Å².